The highest BCUT2D eigenvalue weighted by molar-refractivity contribution is 7.90. The zero-order valence-electron chi connectivity index (χ0n) is 14.1. The Bertz CT molecular complexity index is 791. The molecule has 1 N–H and O–H groups in total. The summed E-state index contributed by atoms with van der Waals surface area (Å²) in [6, 6.07) is 5.73. The van der Waals surface area contributed by atoms with E-state index in [1.807, 2.05) is 0 Å². The lowest BCUT2D eigenvalue weighted by Gasteiger charge is -2.32. The van der Waals surface area contributed by atoms with Crippen molar-refractivity contribution in [2.75, 3.05) is 45.5 Å². The van der Waals surface area contributed by atoms with Crippen LogP contribution in [0.1, 0.15) is 6.42 Å². The van der Waals surface area contributed by atoms with Crippen molar-refractivity contribution in [1.29, 1.82) is 0 Å². The van der Waals surface area contributed by atoms with Crippen LogP contribution >= 0.6 is 12.4 Å². The third-order valence-corrected chi connectivity index (χ3v) is 7.69. The van der Waals surface area contributed by atoms with Crippen LogP contribution in [0, 0.1) is 0 Å². The molecular formula is C15H24ClN3O4S2. The predicted octanol–water partition coefficient (Wildman–Crippen LogP) is 0.180. The van der Waals surface area contributed by atoms with Gasteiger partial charge >= 0.3 is 0 Å². The molecule has 2 aliphatic rings. The fourth-order valence-electron chi connectivity index (χ4n) is 3.28. The minimum absolute atomic E-state index is 0. The van der Waals surface area contributed by atoms with E-state index in [9.17, 15) is 16.8 Å². The summed E-state index contributed by atoms with van der Waals surface area (Å²) in [6.07, 6.45) is 1.94. The van der Waals surface area contributed by atoms with Crippen molar-refractivity contribution in [1.82, 2.24) is 14.5 Å². The largest absolute Gasteiger partial charge is 0.314 e. The Morgan fingerprint density at radius 3 is 2.08 bits per heavy atom. The van der Waals surface area contributed by atoms with E-state index < -0.39 is 19.9 Å². The third kappa shape index (κ3) is 4.53. The molecule has 2 aliphatic heterocycles. The normalized spacial score (nSPS) is 23.3. The molecule has 25 heavy (non-hydrogen) atoms. The molecule has 2 fully saturated rings. The molecular weight excluding hydrogens is 386 g/mol. The molecule has 0 amide bonds. The van der Waals surface area contributed by atoms with Crippen LogP contribution in [0.4, 0.5) is 0 Å². The molecule has 0 aromatic heterocycles. The van der Waals surface area contributed by atoms with Crippen LogP contribution in [0.2, 0.25) is 0 Å². The lowest BCUT2D eigenvalue weighted by molar-refractivity contribution is 0.179. The highest BCUT2D eigenvalue weighted by atomic mass is 35.5. The molecule has 7 nitrogen and oxygen atoms in total. The predicted molar refractivity (Wildman–Crippen MR) is 98.4 cm³/mol. The van der Waals surface area contributed by atoms with Gasteiger partial charge in [0.25, 0.3) is 0 Å². The molecule has 10 heteroatoms. The van der Waals surface area contributed by atoms with Crippen LogP contribution in [0.3, 0.4) is 0 Å². The van der Waals surface area contributed by atoms with Crippen LogP contribution in [0.5, 0.6) is 0 Å². The van der Waals surface area contributed by atoms with Crippen molar-refractivity contribution in [3.63, 3.8) is 0 Å². The van der Waals surface area contributed by atoms with Gasteiger partial charge in [-0.15, -0.1) is 12.4 Å². The first-order valence-electron chi connectivity index (χ1n) is 8.03. The topological polar surface area (TPSA) is 86.8 Å². The Kier molecular flexibility index (Phi) is 6.50. The van der Waals surface area contributed by atoms with Crippen molar-refractivity contribution in [2.45, 2.75) is 22.3 Å². The number of benzene rings is 1. The van der Waals surface area contributed by atoms with Gasteiger partial charge in [-0.25, -0.2) is 16.8 Å². The number of halogens is 1. The van der Waals surface area contributed by atoms with Crippen LogP contribution in [-0.4, -0.2) is 77.6 Å². The maximum Gasteiger partial charge on any atom is 0.243 e. The second-order valence-electron chi connectivity index (χ2n) is 6.34. The highest BCUT2D eigenvalue weighted by Gasteiger charge is 2.35. The molecule has 0 aliphatic carbocycles. The minimum Gasteiger partial charge on any atom is -0.314 e. The van der Waals surface area contributed by atoms with E-state index in [-0.39, 0.29) is 28.2 Å². The van der Waals surface area contributed by atoms with E-state index in [0.29, 0.717) is 13.1 Å². The summed E-state index contributed by atoms with van der Waals surface area (Å²) >= 11 is 0. The van der Waals surface area contributed by atoms with Gasteiger partial charge in [-0.05, 0) is 30.7 Å². The van der Waals surface area contributed by atoms with Gasteiger partial charge < -0.3 is 5.32 Å². The van der Waals surface area contributed by atoms with E-state index >= 15 is 0 Å². The Morgan fingerprint density at radius 2 is 1.52 bits per heavy atom. The fraction of sp³-hybridized carbons (Fsp3) is 0.600. The zero-order chi connectivity index (χ0) is 17.4. The third-order valence-electron chi connectivity index (χ3n) is 4.68. The molecule has 1 aromatic rings. The van der Waals surface area contributed by atoms with Gasteiger partial charge in [0.1, 0.15) is 0 Å². The van der Waals surface area contributed by atoms with E-state index in [0.717, 1.165) is 38.9 Å². The first kappa shape index (κ1) is 20.6. The smallest absolute Gasteiger partial charge is 0.243 e. The lowest BCUT2D eigenvalue weighted by atomic mass is 10.2. The number of sulfone groups is 1. The summed E-state index contributed by atoms with van der Waals surface area (Å²) in [5.74, 6) is 0. The van der Waals surface area contributed by atoms with Gasteiger partial charge in [-0.1, -0.05) is 0 Å². The Labute approximate surface area is 155 Å². The Hall–Kier alpha value is -0.710. The fourth-order valence-corrected chi connectivity index (χ4v) is 5.40. The van der Waals surface area contributed by atoms with Crippen molar-refractivity contribution < 1.29 is 16.8 Å². The Balaban J connectivity index is 0.00000225. The number of nitrogens with zero attached hydrogens (tertiary/aromatic N) is 2. The van der Waals surface area contributed by atoms with Gasteiger partial charge in [0.05, 0.1) is 9.79 Å². The summed E-state index contributed by atoms with van der Waals surface area (Å²) in [6.45, 7) is 4.77. The monoisotopic (exact) mass is 409 g/mol. The highest BCUT2D eigenvalue weighted by Crippen LogP contribution is 2.24. The molecule has 0 spiro atoms. The molecule has 0 bridgehead atoms. The number of piperazine rings is 1. The second-order valence-corrected chi connectivity index (χ2v) is 10.3. The van der Waals surface area contributed by atoms with Gasteiger partial charge in [0, 0.05) is 51.6 Å². The number of nitrogens with one attached hydrogen (secondary N) is 1. The molecule has 142 valence electrons. The molecule has 0 saturated carbocycles. The van der Waals surface area contributed by atoms with Crippen LogP contribution in [0.15, 0.2) is 34.1 Å². The first-order valence-corrected chi connectivity index (χ1v) is 11.4. The molecule has 0 radical (unpaired) electrons. The van der Waals surface area contributed by atoms with Gasteiger partial charge in [0.15, 0.2) is 9.84 Å². The minimum atomic E-state index is -3.58. The molecule has 1 atom stereocenters. The summed E-state index contributed by atoms with van der Waals surface area (Å²) in [5.41, 5.74) is 0. The summed E-state index contributed by atoms with van der Waals surface area (Å²) in [7, 11) is -6.90. The lowest BCUT2D eigenvalue weighted by Crippen LogP contribution is -2.49. The van der Waals surface area contributed by atoms with Crippen molar-refractivity contribution in [3.05, 3.63) is 24.3 Å². The SMILES string of the molecule is CS(=O)(=O)c1ccc(S(=O)(=O)N2CCC(N3CCNCC3)C2)cc1.Cl. The number of sulfonamides is 1. The van der Waals surface area contributed by atoms with E-state index in [2.05, 4.69) is 10.2 Å². The summed E-state index contributed by atoms with van der Waals surface area (Å²) < 4.78 is 50.0. The summed E-state index contributed by atoms with van der Waals surface area (Å²) in [4.78, 5) is 2.62. The summed E-state index contributed by atoms with van der Waals surface area (Å²) in [5, 5.41) is 3.30. The van der Waals surface area contributed by atoms with Crippen molar-refractivity contribution in [2.24, 2.45) is 0 Å². The van der Waals surface area contributed by atoms with Gasteiger partial charge in [-0.3, -0.25) is 4.90 Å². The number of rotatable bonds is 4. The Morgan fingerprint density at radius 1 is 0.960 bits per heavy atom. The zero-order valence-corrected chi connectivity index (χ0v) is 16.5. The quantitative estimate of drug-likeness (QED) is 0.763. The van der Waals surface area contributed by atoms with E-state index in [4.69, 9.17) is 0 Å². The standard InChI is InChI=1S/C15H23N3O4S2.ClH/c1-23(19,20)14-2-4-15(5-3-14)24(21,22)18-9-6-13(12-18)17-10-7-16-8-11-17;/h2-5,13,16H,6-12H2,1H3;1H. The molecule has 1 unspecified atom stereocenters. The van der Waals surface area contributed by atoms with Gasteiger partial charge in [-0.2, -0.15) is 4.31 Å². The number of hydrogen-bond acceptors (Lipinski definition) is 6. The number of hydrogen-bond donors (Lipinski definition) is 1. The van der Waals surface area contributed by atoms with Crippen LogP contribution < -0.4 is 5.32 Å². The average molecular weight is 410 g/mol. The van der Waals surface area contributed by atoms with Crippen LogP contribution in [-0.2, 0) is 19.9 Å². The molecule has 1 aromatic carbocycles. The van der Waals surface area contributed by atoms with Crippen molar-refractivity contribution in [3.8, 4) is 0 Å². The van der Waals surface area contributed by atoms with Crippen molar-refractivity contribution >= 4 is 32.3 Å². The first-order chi connectivity index (χ1) is 11.3. The van der Waals surface area contributed by atoms with Gasteiger partial charge in [0.2, 0.25) is 10.0 Å². The maximum atomic E-state index is 12.8. The molecule has 2 saturated heterocycles. The molecule has 3 rings (SSSR count). The average Bonchev–Trinajstić information content (AvgIpc) is 3.06. The second kappa shape index (κ2) is 7.89. The van der Waals surface area contributed by atoms with Crippen LogP contribution in [0.25, 0.3) is 0 Å². The molecule has 2 heterocycles. The van der Waals surface area contributed by atoms with E-state index in [1.165, 1.54) is 28.6 Å². The maximum absolute atomic E-state index is 12.8. The van der Waals surface area contributed by atoms with E-state index in [1.54, 1.807) is 0 Å².